The summed E-state index contributed by atoms with van der Waals surface area (Å²) in [5.74, 6) is -0.136. The van der Waals surface area contributed by atoms with Crippen molar-refractivity contribution < 1.29 is 9.59 Å². The predicted octanol–water partition coefficient (Wildman–Crippen LogP) is 5.86. The number of aryl methyl sites for hydroxylation is 2. The lowest BCUT2D eigenvalue weighted by Crippen LogP contribution is -2.50. The second-order valence-electron chi connectivity index (χ2n) is 9.25. The topological polar surface area (TPSA) is 49.4 Å². The number of likely N-dealkylation sites (N-methyl/N-ethyl adjacent to an activating group) is 1. The summed E-state index contributed by atoms with van der Waals surface area (Å²) in [7, 11) is 0. The molecule has 4 heteroatoms. The molecule has 0 aliphatic carbocycles. The molecule has 1 atom stereocenters. The summed E-state index contributed by atoms with van der Waals surface area (Å²) < 4.78 is 0. The fraction of sp³-hybridized carbons (Fsp3) is 0.250. The Morgan fingerprint density at radius 2 is 1.50 bits per heavy atom. The molecule has 4 aromatic carbocycles. The second kappa shape index (κ2) is 12.2. The quantitative estimate of drug-likeness (QED) is 0.310. The Labute approximate surface area is 214 Å². The van der Waals surface area contributed by atoms with Crippen molar-refractivity contribution >= 4 is 22.6 Å². The number of carbonyl (C=O) groups is 2. The van der Waals surface area contributed by atoms with Crippen LogP contribution in [0, 0.1) is 6.92 Å². The molecular formula is C32H34N2O2. The lowest BCUT2D eigenvalue weighted by Gasteiger charge is -2.31. The van der Waals surface area contributed by atoms with Gasteiger partial charge in [0.2, 0.25) is 11.8 Å². The lowest BCUT2D eigenvalue weighted by atomic mass is 9.99. The normalized spacial score (nSPS) is 11.7. The molecule has 1 N–H and O–H groups in total. The third-order valence-corrected chi connectivity index (χ3v) is 6.58. The van der Waals surface area contributed by atoms with E-state index in [1.807, 2.05) is 86.6 Å². The van der Waals surface area contributed by atoms with E-state index in [4.69, 9.17) is 0 Å². The van der Waals surface area contributed by atoms with Crippen LogP contribution < -0.4 is 5.32 Å². The first kappa shape index (κ1) is 25.2. The summed E-state index contributed by atoms with van der Waals surface area (Å²) >= 11 is 0. The number of hydrogen-bond donors (Lipinski definition) is 1. The summed E-state index contributed by atoms with van der Waals surface area (Å²) in [6.07, 6.45) is 1.43. The van der Waals surface area contributed by atoms with Gasteiger partial charge in [-0.2, -0.15) is 0 Å². The molecule has 0 radical (unpaired) electrons. The zero-order valence-electron chi connectivity index (χ0n) is 21.1. The Hall–Kier alpha value is -3.92. The van der Waals surface area contributed by atoms with Gasteiger partial charge in [-0.15, -0.1) is 0 Å². The van der Waals surface area contributed by atoms with Crippen LogP contribution in [0.3, 0.4) is 0 Å². The van der Waals surface area contributed by atoms with E-state index in [1.165, 1.54) is 10.8 Å². The predicted molar refractivity (Wildman–Crippen MR) is 147 cm³/mol. The smallest absolute Gasteiger partial charge is 0.243 e. The number of nitrogens with one attached hydrogen (secondary N) is 1. The molecule has 0 saturated heterocycles. The van der Waals surface area contributed by atoms with Crippen LogP contribution in [0.1, 0.15) is 35.6 Å². The van der Waals surface area contributed by atoms with Crippen molar-refractivity contribution in [2.75, 3.05) is 6.54 Å². The van der Waals surface area contributed by atoms with E-state index < -0.39 is 6.04 Å². The van der Waals surface area contributed by atoms with Gasteiger partial charge in [0.15, 0.2) is 0 Å². The van der Waals surface area contributed by atoms with E-state index in [-0.39, 0.29) is 11.8 Å². The Morgan fingerprint density at radius 1 is 0.806 bits per heavy atom. The van der Waals surface area contributed by atoms with Gasteiger partial charge >= 0.3 is 0 Å². The highest BCUT2D eigenvalue weighted by Crippen LogP contribution is 2.22. The summed E-state index contributed by atoms with van der Waals surface area (Å²) in [6.45, 7) is 4.86. The molecular weight excluding hydrogens is 444 g/mol. The van der Waals surface area contributed by atoms with E-state index >= 15 is 0 Å². The van der Waals surface area contributed by atoms with Crippen molar-refractivity contribution in [3.8, 4) is 0 Å². The van der Waals surface area contributed by atoms with Crippen LogP contribution in [0.4, 0.5) is 0 Å². The van der Waals surface area contributed by atoms with Gasteiger partial charge in [-0.05, 0) is 47.7 Å². The molecule has 184 valence electrons. The molecule has 0 saturated carbocycles. The Morgan fingerprint density at radius 3 is 2.25 bits per heavy atom. The van der Waals surface area contributed by atoms with Gasteiger partial charge in [-0.1, -0.05) is 103 Å². The average molecular weight is 479 g/mol. The summed E-state index contributed by atoms with van der Waals surface area (Å²) in [4.78, 5) is 28.9. The number of fused-ring (bicyclic) bond motifs is 1. The molecule has 4 rings (SSSR count). The number of amides is 2. The fourth-order valence-corrected chi connectivity index (χ4v) is 4.63. The van der Waals surface area contributed by atoms with Crippen LogP contribution in [0.15, 0.2) is 97.1 Å². The maximum Gasteiger partial charge on any atom is 0.243 e. The Balaban J connectivity index is 1.62. The molecule has 36 heavy (non-hydrogen) atoms. The van der Waals surface area contributed by atoms with Crippen LogP contribution in [-0.2, 0) is 29.0 Å². The summed E-state index contributed by atoms with van der Waals surface area (Å²) in [5, 5.41) is 5.30. The van der Waals surface area contributed by atoms with E-state index in [1.54, 1.807) is 4.90 Å². The maximum atomic E-state index is 13.8. The van der Waals surface area contributed by atoms with E-state index in [9.17, 15) is 9.59 Å². The van der Waals surface area contributed by atoms with Gasteiger partial charge in [0.25, 0.3) is 0 Å². The minimum atomic E-state index is -0.589. The first-order valence-electron chi connectivity index (χ1n) is 12.7. The SMILES string of the molecule is CCNC(=O)[C@@H](Cc1ccccc1)N(Cc1ccc(C)cc1)C(=O)CCc1cccc2ccccc12. The number of hydrogen-bond acceptors (Lipinski definition) is 2. The fourth-order valence-electron chi connectivity index (χ4n) is 4.63. The van der Waals surface area contributed by atoms with E-state index in [0.717, 1.165) is 22.3 Å². The van der Waals surface area contributed by atoms with Gasteiger partial charge < -0.3 is 10.2 Å². The number of nitrogens with zero attached hydrogens (tertiary/aromatic N) is 1. The third kappa shape index (κ3) is 6.39. The highest BCUT2D eigenvalue weighted by molar-refractivity contribution is 5.89. The number of rotatable bonds is 10. The molecule has 0 aliphatic rings. The molecule has 0 aromatic heterocycles. The maximum absolute atomic E-state index is 13.8. The minimum Gasteiger partial charge on any atom is -0.355 e. The van der Waals surface area contributed by atoms with Crippen molar-refractivity contribution in [3.05, 3.63) is 119 Å². The average Bonchev–Trinajstić information content (AvgIpc) is 2.91. The second-order valence-corrected chi connectivity index (χ2v) is 9.25. The van der Waals surface area contributed by atoms with E-state index in [2.05, 4.69) is 29.6 Å². The highest BCUT2D eigenvalue weighted by atomic mass is 16.2. The molecule has 0 spiro atoms. The van der Waals surface area contributed by atoms with Crippen LogP contribution in [0.2, 0.25) is 0 Å². The third-order valence-electron chi connectivity index (χ3n) is 6.58. The standard InChI is InChI=1S/C32H34N2O2/c1-3-33-32(36)30(22-25-10-5-4-6-11-25)34(23-26-18-16-24(2)17-19-26)31(35)21-20-28-14-9-13-27-12-7-8-15-29(27)28/h4-19,30H,3,20-23H2,1-2H3,(H,33,36)/t30-/m1/s1. The van der Waals surface area contributed by atoms with Gasteiger partial charge in [0.05, 0.1) is 0 Å². The molecule has 2 amide bonds. The molecule has 0 fully saturated rings. The Kier molecular flexibility index (Phi) is 8.51. The van der Waals surface area contributed by atoms with Gasteiger partial charge in [-0.3, -0.25) is 9.59 Å². The summed E-state index contributed by atoms with van der Waals surface area (Å²) in [6, 6.07) is 32.0. The molecule has 0 aliphatic heterocycles. The van der Waals surface area contributed by atoms with Crippen LogP contribution in [0.5, 0.6) is 0 Å². The van der Waals surface area contributed by atoms with Crippen molar-refractivity contribution in [2.24, 2.45) is 0 Å². The number of benzene rings is 4. The minimum absolute atomic E-state index is 0.0179. The first-order chi connectivity index (χ1) is 17.5. The summed E-state index contributed by atoms with van der Waals surface area (Å²) in [5.41, 5.74) is 4.36. The molecule has 0 bridgehead atoms. The monoisotopic (exact) mass is 478 g/mol. The van der Waals surface area contributed by atoms with Crippen LogP contribution in [0.25, 0.3) is 10.8 Å². The van der Waals surface area contributed by atoms with Crippen molar-refractivity contribution in [1.82, 2.24) is 10.2 Å². The van der Waals surface area contributed by atoms with Crippen LogP contribution >= 0.6 is 0 Å². The molecule has 0 heterocycles. The largest absolute Gasteiger partial charge is 0.355 e. The molecule has 4 nitrogen and oxygen atoms in total. The Bertz CT molecular complexity index is 1290. The zero-order chi connectivity index (χ0) is 25.3. The van der Waals surface area contributed by atoms with Crippen molar-refractivity contribution in [1.29, 1.82) is 0 Å². The lowest BCUT2D eigenvalue weighted by molar-refractivity contribution is -0.141. The van der Waals surface area contributed by atoms with Gasteiger partial charge in [-0.25, -0.2) is 0 Å². The zero-order valence-corrected chi connectivity index (χ0v) is 21.1. The molecule has 0 unspecified atom stereocenters. The van der Waals surface area contributed by atoms with Crippen LogP contribution in [-0.4, -0.2) is 29.3 Å². The van der Waals surface area contributed by atoms with Crippen molar-refractivity contribution in [2.45, 2.75) is 45.7 Å². The first-order valence-corrected chi connectivity index (χ1v) is 12.7. The highest BCUT2D eigenvalue weighted by Gasteiger charge is 2.30. The van der Waals surface area contributed by atoms with Gasteiger partial charge in [0.1, 0.15) is 6.04 Å². The van der Waals surface area contributed by atoms with E-state index in [0.29, 0.717) is 32.4 Å². The number of carbonyl (C=O) groups excluding carboxylic acids is 2. The van der Waals surface area contributed by atoms with Gasteiger partial charge in [0, 0.05) is 25.9 Å². The van der Waals surface area contributed by atoms with Crippen molar-refractivity contribution in [3.63, 3.8) is 0 Å². The molecule has 4 aromatic rings.